The number of benzene rings is 1. The molecule has 0 spiro atoms. The van der Waals surface area contributed by atoms with Crippen molar-refractivity contribution in [3.63, 3.8) is 0 Å². The van der Waals surface area contributed by atoms with Gasteiger partial charge in [0, 0.05) is 19.2 Å². The summed E-state index contributed by atoms with van der Waals surface area (Å²) in [5.41, 5.74) is 0.877. The molecule has 0 fully saturated rings. The van der Waals surface area contributed by atoms with Crippen LogP contribution in [0.5, 0.6) is 5.75 Å². The quantitative estimate of drug-likeness (QED) is 0.748. The summed E-state index contributed by atoms with van der Waals surface area (Å²) in [4.78, 5) is 25.7. The molecule has 2 rings (SSSR count). The Hall–Kier alpha value is -2.05. The smallest absolute Gasteiger partial charge is 0.348 e. The van der Waals surface area contributed by atoms with E-state index in [1.165, 1.54) is 4.90 Å². The number of carbonyl (C=O) groups excluding carboxylic acids is 2. The molecule has 122 valence electrons. The fourth-order valence-electron chi connectivity index (χ4n) is 1.91. The zero-order chi connectivity index (χ0) is 16.8. The molecule has 0 aliphatic heterocycles. The predicted molar refractivity (Wildman–Crippen MR) is 89.1 cm³/mol. The van der Waals surface area contributed by atoms with E-state index in [4.69, 9.17) is 21.1 Å². The zero-order valence-corrected chi connectivity index (χ0v) is 14.3. The second-order valence-corrected chi connectivity index (χ2v) is 6.46. The molecule has 0 unspecified atom stereocenters. The van der Waals surface area contributed by atoms with Gasteiger partial charge >= 0.3 is 5.97 Å². The van der Waals surface area contributed by atoms with Crippen LogP contribution in [0.15, 0.2) is 36.4 Å². The first-order valence-corrected chi connectivity index (χ1v) is 7.99. The van der Waals surface area contributed by atoms with E-state index in [2.05, 4.69) is 0 Å². The van der Waals surface area contributed by atoms with E-state index < -0.39 is 5.97 Å². The average Bonchev–Trinajstić information content (AvgIpc) is 2.99. The molecule has 1 heterocycles. The normalized spacial score (nSPS) is 10.2. The molecule has 23 heavy (non-hydrogen) atoms. The van der Waals surface area contributed by atoms with Crippen LogP contribution >= 0.6 is 22.9 Å². The second-order valence-electron chi connectivity index (χ2n) is 4.74. The van der Waals surface area contributed by atoms with Gasteiger partial charge in [-0.3, -0.25) is 4.79 Å². The number of likely N-dealkylation sites (N-methyl/N-ethyl adjacent to an activating group) is 1. The van der Waals surface area contributed by atoms with E-state index in [-0.39, 0.29) is 12.5 Å². The Balaban J connectivity index is 1.89. The zero-order valence-electron chi connectivity index (χ0n) is 12.7. The summed E-state index contributed by atoms with van der Waals surface area (Å²) in [6, 6.07) is 10.6. The van der Waals surface area contributed by atoms with Crippen LogP contribution in [0.4, 0.5) is 0 Å². The van der Waals surface area contributed by atoms with Gasteiger partial charge in [0.25, 0.3) is 5.91 Å². The number of hydrogen-bond donors (Lipinski definition) is 0. The van der Waals surface area contributed by atoms with Gasteiger partial charge in [-0.1, -0.05) is 29.8 Å². The minimum atomic E-state index is -0.555. The van der Waals surface area contributed by atoms with Crippen molar-refractivity contribution in [3.8, 4) is 5.75 Å². The van der Waals surface area contributed by atoms with Crippen molar-refractivity contribution in [3.05, 3.63) is 51.2 Å². The third kappa shape index (κ3) is 4.71. The minimum Gasteiger partial charge on any atom is -0.496 e. The third-order valence-electron chi connectivity index (χ3n) is 3.13. The summed E-state index contributed by atoms with van der Waals surface area (Å²) in [5.74, 6) is -0.148. The molecule has 1 aromatic heterocycles. The fourth-order valence-corrected chi connectivity index (χ4v) is 2.85. The van der Waals surface area contributed by atoms with E-state index in [0.717, 1.165) is 16.9 Å². The number of ether oxygens (including phenoxy) is 2. The summed E-state index contributed by atoms with van der Waals surface area (Å²) < 4.78 is 10.8. The topological polar surface area (TPSA) is 55.8 Å². The molecule has 0 saturated heterocycles. The number of para-hydroxylation sites is 1. The molecule has 0 bridgehead atoms. The van der Waals surface area contributed by atoms with E-state index in [9.17, 15) is 9.59 Å². The highest BCUT2D eigenvalue weighted by atomic mass is 35.5. The summed E-state index contributed by atoms with van der Waals surface area (Å²) in [6.45, 7) is 0.0469. The second kappa shape index (κ2) is 7.99. The molecule has 0 N–H and O–H groups in total. The predicted octanol–water partition coefficient (Wildman–Crippen LogP) is 3.23. The Kier molecular flexibility index (Phi) is 6.01. The van der Waals surface area contributed by atoms with Crippen molar-refractivity contribution in [2.24, 2.45) is 0 Å². The van der Waals surface area contributed by atoms with Crippen LogP contribution in [0.3, 0.4) is 0 Å². The van der Waals surface area contributed by atoms with Crippen LogP contribution in [-0.4, -0.2) is 37.5 Å². The molecule has 1 aromatic carbocycles. The van der Waals surface area contributed by atoms with Gasteiger partial charge in [-0.25, -0.2) is 4.79 Å². The number of amides is 1. The molecule has 0 radical (unpaired) electrons. The monoisotopic (exact) mass is 353 g/mol. The maximum absolute atomic E-state index is 12.1. The Labute approximate surface area is 143 Å². The molecule has 0 saturated carbocycles. The molecule has 0 aliphatic carbocycles. The number of hydrogen-bond acceptors (Lipinski definition) is 5. The van der Waals surface area contributed by atoms with Crippen molar-refractivity contribution in [2.75, 3.05) is 20.8 Å². The molecule has 7 heteroatoms. The van der Waals surface area contributed by atoms with Crippen molar-refractivity contribution in [1.29, 1.82) is 0 Å². The van der Waals surface area contributed by atoms with Crippen molar-refractivity contribution >= 4 is 34.8 Å². The molecule has 0 atom stereocenters. The van der Waals surface area contributed by atoms with Crippen LogP contribution in [-0.2, 0) is 16.1 Å². The van der Waals surface area contributed by atoms with Crippen molar-refractivity contribution in [2.45, 2.75) is 6.54 Å². The van der Waals surface area contributed by atoms with Gasteiger partial charge in [-0.05, 0) is 18.2 Å². The SMILES string of the molecule is COc1ccccc1CN(C)C(=O)COC(=O)c1ccc(Cl)s1. The number of methoxy groups -OCH3 is 1. The molecule has 2 aromatic rings. The summed E-state index contributed by atoms with van der Waals surface area (Å²) in [6.07, 6.45) is 0. The van der Waals surface area contributed by atoms with Crippen LogP contribution < -0.4 is 4.74 Å². The highest BCUT2D eigenvalue weighted by Gasteiger charge is 2.16. The van der Waals surface area contributed by atoms with E-state index in [1.807, 2.05) is 24.3 Å². The summed E-state index contributed by atoms with van der Waals surface area (Å²) in [5, 5.41) is 0. The van der Waals surface area contributed by atoms with E-state index in [0.29, 0.717) is 21.5 Å². The van der Waals surface area contributed by atoms with Crippen LogP contribution in [0.2, 0.25) is 4.34 Å². The Bertz CT molecular complexity index is 701. The first-order valence-electron chi connectivity index (χ1n) is 6.79. The van der Waals surface area contributed by atoms with Crippen molar-refractivity contribution in [1.82, 2.24) is 4.90 Å². The lowest BCUT2D eigenvalue weighted by Crippen LogP contribution is -2.30. The van der Waals surface area contributed by atoms with Crippen LogP contribution in [0.1, 0.15) is 15.2 Å². The lowest BCUT2D eigenvalue weighted by molar-refractivity contribution is -0.133. The maximum Gasteiger partial charge on any atom is 0.348 e. The number of rotatable bonds is 6. The molecule has 1 amide bonds. The lowest BCUT2D eigenvalue weighted by Gasteiger charge is -2.18. The Morgan fingerprint density at radius 3 is 2.61 bits per heavy atom. The Morgan fingerprint density at radius 2 is 1.96 bits per heavy atom. The van der Waals surface area contributed by atoms with Gasteiger partial charge < -0.3 is 14.4 Å². The first kappa shape index (κ1) is 17.3. The van der Waals surface area contributed by atoms with E-state index in [1.54, 1.807) is 26.3 Å². The summed E-state index contributed by atoms with van der Waals surface area (Å²) in [7, 11) is 3.22. The van der Waals surface area contributed by atoms with Crippen LogP contribution in [0, 0.1) is 0 Å². The maximum atomic E-state index is 12.1. The van der Waals surface area contributed by atoms with Crippen molar-refractivity contribution < 1.29 is 19.1 Å². The number of esters is 1. The summed E-state index contributed by atoms with van der Waals surface area (Å²) >= 11 is 6.87. The molecule has 0 aliphatic rings. The number of carbonyl (C=O) groups is 2. The third-order valence-corrected chi connectivity index (χ3v) is 4.34. The van der Waals surface area contributed by atoms with Gasteiger partial charge in [0.2, 0.25) is 0 Å². The molecular formula is C16H16ClNO4S. The first-order chi connectivity index (χ1) is 11.0. The number of nitrogens with zero attached hydrogens (tertiary/aromatic N) is 1. The van der Waals surface area contributed by atoms with Gasteiger partial charge in [-0.15, -0.1) is 11.3 Å². The number of thiophene rings is 1. The van der Waals surface area contributed by atoms with Gasteiger partial charge in [-0.2, -0.15) is 0 Å². The largest absolute Gasteiger partial charge is 0.496 e. The Morgan fingerprint density at radius 1 is 1.22 bits per heavy atom. The highest BCUT2D eigenvalue weighted by Crippen LogP contribution is 2.22. The minimum absolute atomic E-state index is 0.299. The van der Waals surface area contributed by atoms with Gasteiger partial charge in [0.1, 0.15) is 10.6 Å². The van der Waals surface area contributed by atoms with Crippen LogP contribution in [0.25, 0.3) is 0 Å². The number of halogens is 1. The van der Waals surface area contributed by atoms with Gasteiger partial charge in [0.05, 0.1) is 11.4 Å². The van der Waals surface area contributed by atoms with E-state index >= 15 is 0 Å². The fraction of sp³-hybridized carbons (Fsp3) is 0.250. The standard InChI is InChI=1S/C16H16ClNO4S/c1-18(9-11-5-3-4-6-12(11)21-2)15(19)10-22-16(20)13-7-8-14(17)23-13/h3-8H,9-10H2,1-2H3. The molecule has 5 nitrogen and oxygen atoms in total. The van der Waals surface area contributed by atoms with Gasteiger partial charge in [0.15, 0.2) is 6.61 Å². The average molecular weight is 354 g/mol. The highest BCUT2D eigenvalue weighted by molar-refractivity contribution is 7.17. The lowest BCUT2D eigenvalue weighted by atomic mass is 10.2. The molecular weight excluding hydrogens is 338 g/mol.